The molecule has 0 saturated carbocycles. The van der Waals surface area contributed by atoms with E-state index in [0.29, 0.717) is 11.8 Å². The van der Waals surface area contributed by atoms with E-state index in [2.05, 4.69) is 89.8 Å². The molecular weight excluding hydrogens is 372 g/mol. The molecule has 3 heteroatoms. The maximum atomic E-state index is 4.93. The van der Waals surface area contributed by atoms with Crippen molar-refractivity contribution in [1.29, 1.82) is 0 Å². The highest BCUT2D eigenvalue weighted by atomic mass is 32.1. The van der Waals surface area contributed by atoms with Gasteiger partial charge in [-0.15, -0.1) is 0 Å². The molecule has 146 valence electrons. The van der Waals surface area contributed by atoms with Crippen molar-refractivity contribution in [3.63, 3.8) is 0 Å². The number of fused-ring (bicyclic) bond motifs is 1. The Kier molecular flexibility index (Phi) is 5.31. The topological polar surface area (TPSA) is 16.1 Å². The van der Waals surface area contributed by atoms with Gasteiger partial charge in [0.1, 0.15) is 0 Å². The summed E-state index contributed by atoms with van der Waals surface area (Å²) in [5.41, 5.74) is 4.03. The summed E-state index contributed by atoms with van der Waals surface area (Å²) in [4.78, 5) is 7.46. The van der Waals surface area contributed by atoms with Gasteiger partial charge in [-0.25, -0.2) is 4.98 Å². The van der Waals surface area contributed by atoms with Gasteiger partial charge in [0.2, 0.25) is 0 Å². The number of anilines is 1. The second kappa shape index (κ2) is 8.38. The van der Waals surface area contributed by atoms with Crippen molar-refractivity contribution in [2.45, 2.75) is 19.3 Å². The number of thiazole rings is 1. The summed E-state index contributed by atoms with van der Waals surface area (Å²) in [5.74, 6) is 1.35. The largest absolute Gasteiger partial charge is 0.348 e. The standard InChI is InChI=1S/C26H26N2S/c1-3-9-20(10-4-1)17-22-15-16-28(19-23(22)18-21-11-5-2-6-12-21)26-27-24-13-7-8-14-25(24)29-26/h1-14,22-23H,15-19H2. The molecule has 1 saturated heterocycles. The molecule has 0 amide bonds. The van der Waals surface area contributed by atoms with Gasteiger partial charge in [0.15, 0.2) is 5.13 Å². The predicted octanol–water partition coefficient (Wildman–Crippen LogP) is 6.22. The molecule has 1 aromatic heterocycles. The first-order valence-electron chi connectivity index (χ1n) is 10.5. The Morgan fingerprint density at radius 1 is 0.759 bits per heavy atom. The van der Waals surface area contributed by atoms with E-state index in [1.165, 1.54) is 33.8 Å². The quantitative estimate of drug-likeness (QED) is 0.396. The minimum absolute atomic E-state index is 0.637. The van der Waals surface area contributed by atoms with Gasteiger partial charge in [-0.2, -0.15) is 0 Å². The van der Waals surface area contributed by atoms with Crippen molar-refractivity contribution in [3.05, 3.63) is 96.1 Å². The third-order valence-electron chi connectivity index (χ3n) is 6.13. The first-order chi connectivity index (χ1) is 14.3. The van der Waals surface area contributed by atoms with Crippen molar-refractivity contribution in [2.75, 3.05) is 18.0 Å². The summed E-state index contributed by atoms with van der Waals surface area (Å²) in [7, 11) is 0. The Balaban J connectivity index is 1.39. The number of rotatable bonds is 5. The molecule has 1 aliphatic heterocycles. The number of hydrogen-bond acceptors (Lipinski definition) is 3. The fraction of sp³-hybridized carbons (Fsp3) is 0.269. The van der Waals surface area contributed by atoms with Crippen LogP contribution in [0.15, 0.2) is 84.9 Å². The van der Waals surface area contributed by atoms with Crippen LogP contribution in [-0.4, -0.2) is 18.1 Å². The number of piperidine rings is 1. The molecule has 2 nitrogen and oxygen atoms in total. The first-order valence-corrected chi connectivity index (χ1v) is 11.4. The predicted molar refractivity (Wildman–Crippen MR) is 124 cm³/mol. The lowest BCUT2D eigenvalue weighted by atomic mass is 9.78. The lowest BCUT2D eigenvalue weighted by molar-refractivity contribution is 0.274. The zero-order chi connectivity index (χ0) is 19.5. The summed E-state index contributed by atoms with van der Waals surface area (Å²) in [6.45, 7) is 2.19. The molecule has 0 aliphatic carbocycles. The van der Waals surface area contributed by atoms with Crippen molar-refractivity contribution in [2.24, 2.45) is 11.8 Å². The molecule has 4 aromatic rings. The molecular formula is C26H26N2S. The molecule has 0 bridgehead atoms. The fourth-order valence-corrected chi connectivity index (χ4v) is 5.58. The lowest BCUT2D eigenvalue weighted by Crippen LogP contribution is -2.42. The summed E-state index contributed by atoms with van der Waals surface area (Å²) < 4.78 is 1.29. The number of nitrogens with zero attached hydrogens (tertiary/aromatic N) is 2. The van der Waals surface area contributed by atoms with Crippen molar-refractivity contribution < 1.29 is 0 Å². The van der Waals surface area contributed by atoms with E-state index in [4.69, 9.17) is 4.98 Å². The van der Waals surface area contributed by atoms with Crippen molar-refractivity contribution in [3.8, 4) is 0 Å². The Bertz CT molecular complexity index is 1020. The maximum Gasteiger partial charge on any atom is 0.186 e. The van der Waals surface area contributed by atoms with Crippen molar-refractivity contribution >= 4 is 26.7 Å². The first kappa shape index (κ1) is 18.4. The van der Waals surface area contributed by atoms with E-state index in [1.807, 2.05) is 11.3 Å². The molecule has 2 atom stereocenters. The molecule has 0 spiro atoms. The van der Waals surface area contributed by atoms with Crippen LogP contribution in [0.2, 0.25) is 0 Å². The minimum atomic E-state index is 0.637. The highest BCUT2D eigenvalue weighted by Crippen LogP contribution is 2.35. The minimum Gasteiger partial charge on any atom is -0.348 e. The van der Waals surface area contributed by atoms with Gasteiger partial charge in [-0.3, -0.25) is 0 Å². The molecule has 0 radical (unpaired) electrons. The van der Waals surface area contributed by atoms with Crippen LogP contribution >= 0.6 is 11.3 Å². The maximum absolute atomic E-state index is 4.93. The highest BCUT2D eigenvalue weighted by molar-refractivity contribution is 7.22. The average Bonchev–Trinajstić information content (AvgIpc) is 3.21. The Morgan fingerprint density at radius 2 is 1.38 bits per heavy atom. The smallest absolute Gasteiger partial charge is 0.186 e. The molecule has 3 aromatic carbocycles. The third-order valence-corrected chi connectivity index (χ3v) is 7.22. The molecule has 5 rings (SSSR count). The average molecular weight is 399 g/mol. The van der Waals surface area contributed by atoms with Crippen LogP contribution in [0.5, 0.6) is 0 Å². The van der Waals surface area contributed by atoms with E-state index in [0.717, 1.165) is 25.0 Å². The molecule has 2 unspecified atom stereocenters. The second-order valence-electron chi connectivity index (χ2n) is 8.10. The van der Waals surface area contributed by atoms with Crippen LogP contribution in [0.1, 0.15) is 17.5 Å². The normalized spacial score (nSPS) is 19.5. The van der Waals surface area contributed by atoms with Crippen LogP contribution in [-0.2, 0) is 12.8 Å². The zero-order valence-corrected chi connectivity index (χ0v) is 17.4. The highest BCUT2D eigenvalue weighted by Gasteiger charge is 2.30. The van der Waals surface area contributed by atoms with E-state index in [9.17, 15) is 0 Å². The molecule has 1 fully saturated rings. The number of hydrogen-bond donors (Lipinski definition) is 0. The SMILES string of the molecule is c1ccc(CC2CCN(c3nc4ccccc4s3)CC2Cc2ccccc2)cc1. The van der Waals surface area contributed by atoms with E-state index >= 15 is 0 Å². The molecule has 0 N–H and O–H groups in total. The third kappa shape index (κ3) is 4.20. The zero-order valence-electron chi connectivity index (χ0n) is 16.6. The summed E-state index contributed by atoms with van der Waals surface area (Å²) in [5, 5.41) is 1.18. The summed E-state index contributed by atoms with van der Waals surface area (Å²) in [6, 6.07) is 30.5. The van der Waals surface area contributed by atoms with Crippen LogP contribution in [0, 0.1) is 11.8 Å². The van der Waals surface area contributed by atoms with Gasteiger partial charge in [0.25, 0.3) is 0 Å². The Labute approximate surface area is 176 Å². The van der Waals surface area contributed by atoms with E-state index in [-0.39, 0.29) is 0 Å². The summed E-state index contributed by atoms with van der Waals surface area (Å²) >= 11 is 1.83. The number of para-hydroxylation sites is 1. The molecule has 1 aliphatic rings. The molecule has 2 heterocycles. The fourth-order valence-electron chi connectivity index (χ4n) is 4.58. The number of aromatic nitrogens is 1. The van der Waals surface area contributed by atoms with Gasteiger partial charge >= 0.3 is 0 Å². The van der Waals surface area contributed by atoms with Crippen LogP contribution in [0.4, 0.5) is 5.13 Å². The Hall–Kier alpha value is -2.65. The van der Waals surface area contributed by atoms with Crippen LogP contribution in [0.3, 0.4) is 0 Å². The van der Waals surface area contributed by atoms with Gasteiger partial charge in [-0.1, -0.05) is 84.1 Å². The van der Waals surface area contributed by atoms with Crippen molar-refractivity contribution in [1.82, 2.24) is 4.98 Å². The van der Waals surface area contributed by atoms with Gasteiger partial charge < -0.3 is 4.90 Å². The van der Waals surface area contributed by atoms with Crippen LogP contribution in [0.25, 0.3) is 10.2 Å². The number of benzene rings is 3. The second-order valence-corrected chi connectivity index (χ2v) is 9.11. The van der Waals surface area contributed by atoms with E-state index in [1.54, 1.807) is 0 Å². The van der Waals surface area contributed by atoms with Gasteiger partial charge in [0.05, 0.1) is 10.2 Å². The van der Waals surface area contributed by atoms with Gasteiger partial charge in [-0.05, 0) is 54.4 Å². The molecule has 29 heavy (non-hydrogen) atoms. The van der Waals surface area contributed by atoms with E-state index < -0.39 is 0 Å². The van der Waals surface area contributed by atoms with Gasteiger partial charge in [0, 0.05) is 13.1 Å². The van der Waals surface area contributed by atoms with Crippen LogP contribution < -0.4 is 4.90 Å². The lowest BCUT2D eigenvalue weighted by Gasteiger charge is -2.39. The summed E-state index contributed by atoms with van der Waals surface area (Å²) in [6.07, 6.45) is 3.54. The Morgan fingerprint density at radius 3 is 2.07 bits per heavy atom. The monoisotopic (exact) mass is 398 g/mol.